The van der Waals surface area contributed by atoms with Crippen molar-refractivity contribution < 1.29 is 68.1 Å². The Balaban J connectivity index is 1.66. The Bertz CT molecular complexity index is 2930. The van der Waals surface area contributed by atoms with Gasteiger partial charge in [0, 0.05) is 32.1 Å². The van der Waals surface area contributed by atoms with E-state index in [1.54, 1.807) is 121 Å². The van der Waals surface area contributed by atoms with Gasteiger partial charge >= 0.3 is 17.9 Å². The number of nitrogens with two attached hydrogens (primary N) is 4. The number of carboxylic acids is 3. The minimum atomic E-state index is -1.69. The third-order valence-electron chi connectivity index (χ3n) is 14.7. The van der Waals surface area contributed by atoms with Crippen LogP contribution in [-0.4, -0.2) is 154 Å². The Morgan fingerprint density at radius 1 is 0.300 bits per heavy atom. The van der Waals surface area contributed by atoms with Gasteiger partial charge in [-0.2, -0.15) is 0 Å². The number of nitrogens with one attached hydrogen (secondary N) is 8. The molecular weight excluding hydrogens is 1160 g/mol. The standard InChI is InChI=1S/C64H88N12O14/c65-34-16-13-27-46(57(82)73-50(64(89)90)29-15-18-36-67)70-61(86)51(38-42-21-7-2-8-22-42)74-58(83)47(28-14-17-35-66)71-62(87)52(39-43-23-9-3-10-24-43)76-60(85)49(31-33-55(79)80)72-63(88)53(40-44-25-11-4-12-26-44)75-59(84)48(30-32-54(77)78)69-56(81)45(68)37-41-19-5-1-6-20-41/h1-12,19-26,45-53H,13-18,27-40,65-68H2,(H,69,81)(H,70,86)(H,71,87)(H,72,88)(H,73,82)(H,74,83)(H,75,84)(H,76,85)(H,77,78)(H,79,80)(H,89,90)/t45-,46-,47-,48-,49-,50-,51-,52-,53-/m0/s1. The zero-order valence-corrected chi connectivity index (χ0v) is 50.5. The van der Waals surface area contributed by atoms with Gasteiger partial charge in [-0.3, -0.25) is 47.9 Å². The number of benzene rings is 4. The first-order valence-corrected chi connectivity index (χ1v) is 30.3. The minimum Gasteiger partial charge on any atom is -0.481 e. The fraction of sp³-hybridized carbons (Fsp3) is 0.453. The third-order valence-corrected chi connectivity index (χ3v) is 14.7. The molecule has 0 bridgehead atoms. The number of hydrogen-bond donors (Lipinski definition) is 15. The van der Waals surface area contributed by atoms with Crippen LogP contribution in [0.3, 0.4) is 0 Å². The molecule has 0 saturated heterocycles. The summed E-state index contributed by atoms with van der Waals surface area (Å²) in [6.45, 7) is 0.799. The molecule has 19 N–H and O–H groups in total. The Morgan fingerprint density at radius 3 is 0.811 bits per heavy atom. The number of hydrogen-bond acceptors (Lipinski definition) is 15. The van der Waals surface area contributed by atoms with Crippen LogP contribution in [0.15, 0.2) is 121 Å². The lowest BCUT2D eigenvalue weighted by atomic mass is 10.0. The highest BCUT2D eigenvalue weighted by molar-refractivity contribution is 5.98. The molecule has 9 atom stereocenters. The number of amides is 8. The second-order valence-electron chi connectivity index (χ2n) is 21.9. The normalized spacial score (nSPS) is 14.0. The molecule has 488 valence electrons. The monoisotopic (exact) mass is 1250 g/mol. The number of carboxylic acid groups (broad SMARTS) is 3. The smallest absolute Gasteiger partial charge is 0.326 e. The van der Waals surface area contributed by atoms with Crippen LogP contribution in [0.2, 0.25) is 0 Å². The molecule has 4 aromatic rings. The average molecular weight is 1250 g/mol. The first kappa shape index (κ1) is 73.4. The van der Waals surface area contributed by atoms with Gasteiger partial charge in [0.25, 0.3) is 0 Å². The maximum atomic E-state index is 14.8. The summed E-state index contributed by atoms with van der Waals surface area (Å²) in [7, 11) is 0. The van der Waals surface area contributed by atoms with Gasteiger partial charge in [0.2, 0.25) is 47.3 Å². The average Bonchev–Trinajstić information content (AvgIpc) is 1.45. The third kappa shape index (κ3) is 27.5. The highest BCUT2D eigenvalue weighted by Crippen LogP contribution is 2.14. The SMILES string of the molecule is NCCCC[C@H](NC(=O)[C@H](CCCCN)NC(=O)[C@H](Cc1ccccc1)NC(=O)[C@H](CCCCN)NC(=O)[C@H](Cc1ccccc1)NC(=O)[C@H](CCC(=O)O)NC(=O)[C@H](Cc1ccccc1)NC(=O)[C@H](CCC(=O)O)NC(=O)[C@@H](N)Cc1ccccc1)C(=O)O. The van der Waals surface area contributed by atoms with Crippen molar-refractivity contribution in [2.45, 2.75) is 164 Å². The lowest BCUT2D eigenvalue weighted by Gasteiger charge is -2.28. The van der Waals surface area contributed by atoms with Gasteiger partial charge in [0.05, 0.1) is 6.04 Å². The van der Waals surface area contributed by atoms with Crippen LogP contribution in [-0.2, 0) is 78.4 Å². The van der Waals surface area contributed by atoms with Crippen LogP contribution >= 0.6 is 0 Å². The number of carbonyl (C=O) groups is 11. The largest absolute Gasteiger partial charge is 0.481 e. The van der Waals surface area contributed by atoms with Gasteiger partial charge in [-0.25, -0.2) is 4.79 Å². The Morgan fingerprint density at radius 2 is 0.533 bits per heavy atom. The van der Waals surface area contributed by atoms with Crippen LogP contribution in [0.5, 0.6) is 0 Å². The molecule has 0 radical (unpaired) electrons. The molecule has 0 aliphatic carbocycles. The number of unbranched alkanes of at least 4 members (excludes halogenated alkanes) is 3. The molecule has 0 unspecified atom stereocenters. The van der Waals surface area contributed by atoms with E-state index >= 15 is 0 Å². The maximum Gasteiger partial charge on any atom is 0.326 e. The highest BCUT2D eigenvalue weighted by Gasteiger charge is 2.36. The summed E-state index contributed by atoms with van der Waals surface area (Å²) in [6.07, 6.45) is -0.0577. The highest BCUT2D eigenvalue weighted by atomic mass is 16.4. The quantitative estimate of drug-likeness (QED) is 0.0266. The van der Waals surface area contributed by atoms with Gasteiger partial charge in [-0.05, 0) is 119 Å². The second-order valence-corrected chi connectivity index (χ2v) is 21.9. The predicted molar refractivity (Wildman–Crippen MR) is 334 cm³/mol. The summed E-state index contributed by atoms with van der Waals surface area (Å²) >= 11 is 0. The number of aliphatic carboxylic acids is 3. The molecule has 0 spiro atoms. The molecule has 90 heavy (non-hydrogen) atoms. The molecule has 0 saturated carbocycles. The lowest BCUT2D eigenvalue weighted by molar-refractivity contribution is -0.142. The molecule has 4 aromatic carbocycles. The second kappa shape index (κ2) is 40.4. The van der Waals surface area contributed by atoms with Gasteiger partial charge < -0.3 is 80.8 Å². The van der Waals surface area contributed by atoms with Gasteiger partial charge in [0.15, 0.2) is 0 Å². The summed E-state index contributed by atoms with van der Waals surface area (Å²) < 4.78 is 0. The van der Waals surface area contributed by atoms with Crippen molar-refractivity contribution in [1.29, 1.82) is 0 Å². The molecule has 0 aliphatic rings. The van der Waals surface area contributed by atoms with Crippen molar-refractivity contribution in [3.8, 4) is 0 Å². The molecule has 0 aromatic heterocycles. The van der Waals surface area contributed by atoms with Crippen molar-refractivity contribution in [2.24, 2.45) is 22.9 Å². The summed E-state index contributed by atoms with van der Waals surface area (Å²) in [6, 6.07) is 21.4. The molecule has 0 heterocycles. The van der Waals surface area contributed by atoms with Gasteiger partial charge in [0.1, 0.15) is 48.3 Å². The van der Waals surface area contributed by atoms with Crippen LogP contribution in [0.4, 0.5) is 0 Å². The minimum absolute atomic E-state index is 0.0293. The van der Waals surface area contributed by atoms with Crippen molar-refractivity contribution in [3.05, 3.63) is 144 Å². The van der Waals surface area contributed by atoms with Crippen molar-refractivity contribution in [3.63, 3.8) is 0 Å². The molecule has 26 heteroatoms. The van der Waals surface area contributed by atoms with E-state index in [1.807, 2.05) is 0 Å². The van der Waals surface area contributed by atoms with E-state index in [-0.39, 0.29) is 64.5 Å². The molecule has 26 nitrogen and oxygen atoms in total. The van der Waals surface area contributed by atoms with E-state index < -0.39 is 145 Å². The van der Waals surface area contributed by atoms with E-state index in [9.17, 15) is 68.1 Å². The van der Waals surface area contributed by atoms with E-state index in [0.29, 0.717) is 60.9 Å². The molecular formula is C64H88N12O14. The van der Waals surface area contributed by atoms with E-state index in [4.69, 9.17) is 22.9 Å². The summed E-state index contributed by atoms with van der Waals surface area (Å²) in [5.41, 5.74) is 25.8. The van der Waals surface area contributed by atoms with Gasteiger partial charge in [-0.1, -0.05) is 121 Å². The van der Waals surface area contributed by atoms with Crippen molar-refractivity contribution in [1.82, 2.24) is 42.5 Å². The van der Waals surface area contributed by atoms with Crippen LogP contribution in [0, 0.1) is 0 Å². The fourth-order valence-electron chi connectivity index (χ4n) is 9.67. The van der Waals surface area contributed by atoms with Gasteiger partial charge in [-0.15, -0.1) is 0 Å². The summed E-state index contributed by atoms with van der Waals surface area (Å²) in [4.78, 5) is 151. The molecule has 0 fully saturated rings. The zero-order chi connectivity index (χ0) is 65.8. The Labute approximate surface area is 523 Å². The summed E-state index contributed by atoms with van der Waals surface area (Å²) in [5.74, 6) is -11.0. The van der Waals surface area contributed by atoms with E-state index in [2.05, 4.69) is 42.5 Å². The van der Waals surface area contributed by atoms with Crippen molar-refractivity contribution in [2.75, 3.05) is 19.6 Å². The molecule has 8 amide bonds. The Kier molecular flexibility index (Phi) is 33.0. The molecule has 0 aliphatic heterocycles. The topological polar surface area (TPSA) is 449 Å². The molecule has 4 rings (SSSR count). The maximum absolute atomic E-state index is 14.8. The summed E-state index contributed by atoms with van der Waals surface area (Å²) in [5, 5.41) is 50.4. The zero-order valence-electron chi connectivity index (χ0n) is 50.5. The predicted octanol–water partition coefficient (Wildman–Crippen LogP) is 0.364. The first-order chi connectivity index (χ1) is 43.2. The first-order valence-electron chi connectivity index (χ1n) is 30.3. The Hall–Kier alpha value is -9.11. The van der Waals surface area contributed by atoms with E-state index in [1.165, 1.54) is 0 Å². The van der Waals surface area contributed by atoms with Crippen molar-refractivity contribution >= 4 is 65.2 Å². The van der Waals surface area contributed by atoms with Crippen LogP contribution in [0.25, 0.3) is 0 Å². The van der Waals surface area contributed by atoms with Crippen LogP contribution in [0.1, 0.15) is 106 Å². The number of rotatable bonds is 43. The lowest BCUT2D eigenvalue weighted by Crippen LogP contribution is -2.61. The fourth-order valence-corrected chi connectivity index (χ4v) is 9.67. The number of carbonyl (C=O) groups excluding carboxylic acids is 8. The van der Waals surface area contributed by atoms with E-state index in [0.717, 1.165) is 0 Å². The van der Waals surface area contributed by atoms with Crippen LogP contribution < -0.4 is 65.5 Å².